The Morgan fingerprint density at radius 3 is 2.52 bits per heavy atom. The second-order valence-corrected chi connectivity index (χ2v) is 6.58. The van der Waals surface area contributed by atoms with E-state index in [2.05, 4.69) is 0 Å². The van der Waals surface area contributed by atoms with Crippen LogP contribution in [0.3, 0.4) is 0 Å². The van der Waals surface area contributed by atoms with Gasteiger partial charge in [-0.2, -0.15) is 0 Å². The molecular formula is C20H23NO4. The fourth-order valence-electron chi connectivity index (χ4n) is 2.89. The van der Waals surface area contributed by atoms with E-state index in [0.717, 1.165) is 36.6 Å². The monoisotopic (exact) mass is 341 g/mol. The van der Waals surface area contributed by atoms with Gasteiger partial charge in [-0.1, -0.05) is 31.2 Å². The Labute approximate surface area is 147 Å². The molecule has 25 heavy (non-hydrogen) atoms. The van der Waals surface area contributed by atoms with Gasteiger partial charge in [-0.05, 0) is 48.1 Å². The quantitative estimate of drug-likeness (QED) is 0.784. The number of aromatic hydroxyl groups is 1. The van der Waals surface area contributed by atoms with E-state index < -0.39 is 5.97 Å². The number of amides is 1. The topological polar surface area (TPSA) is 66.8 Å². The lowest BCUT2D eigenvalue weighted by Gasteiger charge is -2.21. The molecule has 0 heterocycles. The summed E-state index contributed by atoms with van der Waals surface area (Å²) in [6.07, 6.45) is 3.20. The molecule has 0 aromatic heterocycles. The van der Waals surface area contributed by atoms with Gasteiger partial charge in [-0.15, -0.1) is 0 Å². The molecule has 2 aromatic rings. The number of carbonyl (C=O) groups excluding carboxylic acids is 2. The number of rotatable bonds is 7. The molecule has 0 aliphatic heterocycles. The maximum absolute atomic E-state index is 12.3. The molecular weight excluding hydrogens is 318 g/mol. The molecule has 1 saturated carbocycles. The second-order valence-electron chi connectivity index (χ2n) is 6.58. The third-order valence-electron chi connectivity index (χ3n) is 4.43. The third-order valence-corrected chi connectivity index (χ3v) is 4.43. The predicted molar refractivity (Wildman–Crippen MR) is 95.5 cm³/mol. The summed E-state index contributed by atoms with van der Waals surface area (Å²) in [5.74, 6) is -0.405. The lowest BCUT2D eigenvalue weighted by molar-refractivity contribution is -0.134. The summed E-state index contributed by atoms with van der Waals surface area (Å²) < 4.78 is 5.16. The second kappa shape index (κ2) is 7.55. The SMILES string of the molecule is CCCN(CC1CC1)C(=O)COC(=O)c1cc2ccccc2cc1O. The molecule has 5 nitrogen and oxygen atoms in total. The van der Waals surface area contributed by atoms with Gasteiger partial charge in [0.05, 0.1) is 0 Å². The number of fused-ring (bicyclic) bond motifs is 1. The number of esters is 1. The highest BCUT2D eigenvalue weighted by atomic mass is 16.5. The number of phenols is 1. The van der Waals surface area contributed by atoms with Crippen molar-refractivity contribution in [2.24, 2.45) is 5.92 Å². The van der Waals surface area contributed by atoms with E-state index in [1.807, 2.05) is 31.2 Å². The van der Waals surface area contributed by atoms with Crippen LogP contribution in [0.4, 0.5) is 0 Å². The summed E-state index contributed by atoms with van der Waals surface area (Å²) in [4.78, 5) is 26.4. The Kier molecular flexibility index (Phi) is 5.22. The number of carbonyl (C=O) groups is 2. The Bertz CT molecular complexity index is 782. The normalized spacial score (nSPS) is 13.6. The highest BCUT2D eigenvalue weighted by Gasteiger charge is 2.27. The van der Waals surface area contributed by atoms with Crippen LogP contribution in [-0.4, -0.2) is 41.6 Å². The standard InChI is InChI=1S/C20H23NO4/c1-2-9-21(12-14-7-8-14)19(23)13-25-20(24)17-10-15-5-3-4-6-16(15)11-18(17)22/h3-6,10-11,14,22H,2,7-9,12-13H2,1H3. The lowest BCUT2D eigenvalue weighted by atomic mass is 10.1. The molecule has 132 valence electrons. The summed E-state index contributed by atoms with van der Waals surface area (Å²) in [6, 6.07) is 10.6. The van der Waals surface area contributed by atoms with Gasteiger partial charge >= 0.3 is 5.97 Å². The van der Waals surface area contributed by atoms with Gasteiger partial charge in [-0.3, -0.25) is 4.79 Å². The van der Waals surface area contributed by atoms with Crippen LogP contribution in [0.15, 0.2) is 36.4 Å². The minimum Gasteiger partial charge on any atom is -0.507 e. The third kappa shape index (κ3) is 4.29. The van der Waals surface area contributed by atoms with Gasteiger partial charge < -0.3 is 14.7 Å². The summed E-state index contributed by atoms with van der Waals surface area (Å²) in [5.41, 5.74) is 0.0794. The zero-order chi connectivity index (χ0) is 17.8. The fraction of sp³-hybridized carbons (Fsp3) is 0.400. The van der Waals surface area contributed by atoms with Crippen molar-refractivity contribution in [2.75, 3.05) is 19.7 Å². The highest BCUT2D eigenvalue weighted by Crippen LogP contribution is 2.30. The first-order valence-corrected chi connectivity index (χ1v) is 8.75. The van der Waals surface area contributed by atoms with E-state index in [9.17, 15) is 14.7 Å². The molecule has 1 aliphatic carbocycles. The molecule has 5 heteroatoms. The smallest absolute Gasteiger partial charge is 0.342 e. The van der Waals surface area contributed by atoms with Crippen molar-refractivity contribution >= 4 is 22.6 Å². The molecule has 1 amide bonds. The van der Waals surface area contributed by atoms with Crippen LogP contribution in [0, 0.1) is 5.92 Å². The largest absolute Gasteiger partial charge is 0.507 e. The first-order chi connectivity index (χ1) is 12.1. The van der Waals surface area contributed by atoms with Crippen LogP contribution in [0.1, 0.15) is 36.5 Å². The minimum absolute atomic E-state index is 0.0794. The molecule has 1 N–H and O–H groups in total. The molecule has 0 bridgehead atoms. The molecule has 2 aromatic carbocycles. The van der Waals surface area contributed by atoms with Crippen molar-refractivity contribution in [3.05, 3.63) is 42.0 Å². The zero-order valence-corrected chi connectivity index (χ0v) is 14.4. The summed E-state index contributed by atoms with van der Waals surface area (Å²) in [5, 5.41) is 11.7. The number of hydrogen-bond acceptors (Lipinski definition) is 4. The average Bonchev–Trinajstić information content (AvgIpc) is 3.42. The molecule has 0 radical (unpaired) electrons. The van der Waals surface area contributed by atoms with Crippen LogP contribution in [0.5, 0.6) is 5.75 Å². The lowest BCUT2D eigenvalue weighted by Crippen LogP contribution is -2.36. The Morgan fingerprint density at radius 2 is 1.88 bits per heavy atom. The van der Waals surface area contributed by atoms with Gasteiger partial charge in [-0.25, -0.2) is 4.79 Å². The first kappa shape index (κ1) is 17.3. The molecule has 1 aliphatic rings. The molecule has 0 atom stereocenters. The fourth-order valence-corrected chi connectivity index (χ4v) is 2.89. The molecule has 0 saturated heterocycles. The molecule has 0 unspecified atom stereocenters. The molecule has 0 spiro atoms. The zero-order valence-electron chi connectivity index (χ0n) is 14.4. The van der Waals surface area contributed by atoms with Crippen molar-refractivity contribution in [3.63, 3.8) is 0 Å². The maximum Gasteiger partial charge on any atom is 0.342 e. The number of phenolic OH excluding ortho intramolecular Hbond substituents is 1. The van der Waals surface area contributed by atoms with Gasteiger partial charge in [0, 0.05) is 13.1 Å². The minimum atomic E-state index is -0.681. The predicted octanol–water partition coefficient (Wildman–Crippen LogP) is 3.35. The van der Waals surface area contributed by atoms with Crippen molar-refractivity contribution < 1.29 is 19.4 Å². The number of ether oxygens (including phenoxy) is 1. The van der Waals surface area contributed by atoms with Crippen molar-refractivity contribution in [3.8, 4) is 5.75 Å². The number of hydrogen-bond donors (Lipinski definition) is 1. The molecule has 1 fully saturated rings. The van der Waals surface area contributed by atoms with Crippen LogP contribution in [-0.2, 0) is 9.53 Å². The van der Waals surface area contributed by atoms with E-state index in [-0.39, 0.29) is 23.8 Å². The van der Waals surface area contributed by atoms with Crippen LogP contribution in [0.2, 0.25) is 0 Å². The van der Waals surface area contributed by atoms with Gasteiger partial charge in [0.15, 0.2) is 6.61 Å². The molecule has 3 rings (SSSR count). The maximum atomic E-state index is 12.3. The van der Waals surface area contributed by atoms with Gasteiger partial charge in [0.25, 0.3) is 5.91 Å². The Morgan fingerprint density at radius 1 is 1.20 bits per heavy atom. The van der Waals surface area contributed by atoms with Crippen LogP contribution in [0.25, 0.3) is 10.8 Å². The average molecular weight is 341 g/mol. The summed E-state index contributed by atoms with van der Waals surface area (Å²) in [7, 11) is 0. The van der Waals surface area contributed by atoms with E-state index in [1.165, 1.54) is 6.07 Å². The Hall–Kier alpha value is -2.56. The van der Waals surface area contributed by atoms with Crippen molar-refractivity contribution in [1.82, 2.24) is 4.90 Å². The van der Waals surface area contributed by atoms with Crippen molar-refractivity contribution in [1.29, 1.82) is 0 Å². The summed E-state index contributed by atoms with van der Waals surface area (Å²) in [6.45, 7) is 3.14. The van der Waals surface area contributed by atoms with E-state index in [0.29, 0.717) is 12.5 Å². The number of benzene rings is 2. The van der Waals surface area contributed by atoms with Crippen LogP contribution >= 0.6 is 0 Å². The van der Waals surface area contributed by atoms with E-state index >= 15 is 0 Å². The summed E-state index contributed by atoms with van der Waals surface area (Å²) >= 11 is 0. The first-order valence-electron chi connectivity index (χ1n) is 8.75. The van der Waals surface area contributed by atoms with E-state index in [1.54, 1.807) is 11.0 Å². The van der Waals surface area contributed by atoms with E-state index in [4.69, 9.17) is 4.74 Å². The van der Waals surface area contributed by atoms with Gasteiger partial charge in [0.1, 0.15) is 11.3 Å². The Balaban J connectivity index is 1.65. The number of nitrogens with zero attached hydrogens (tertiary/aromatic N) is 1. The van der Waals surface area contributed by atoms with Gasteiger partial charge in [0.2, 0.25) is 0 Å². The highest BCUT2D eigenvalue weighted by molar-refractivity contribution is 5.99. The van der Waals surface area contributed by atoms with Crippen molar-refractivity contribution in [2.45, 2.75) is 26.2 Å². The van der Waals surface area contributed by atoms with Crippen LogP contribution < -0.4 is 0 Å².